The fourth-order valence-electron chi connectivity index (χ4n) is 2.56. The number of fused-ring (bicyclic) bond motifs is 1. The number of halogens is 1. The van der Waals surface area contributed by atoms with Gasteiger partial charge < -0.3 is 28.8 Å². The topological polar surface area (TPSA) is 25.5 Å². The van der Waals surface area contributed by atoms with Crippen LogP contribution in [0.1, 0.15) is 24.8 Å². The summed E-state index contributed by atoms with van der Waals surface area (Å²) in [6.07, 6.45) is 8.16. The van der Waals surface area contributed by atoms with Crippen LogP contribution < -0.4 is 28.5 Å². The molecule has 0 aromatic carbocycles. The first kappa shape index (κ1) is 11.8. The van der Waals surface area contributed by atoms with Crippen LogP contribution in [0.5, 0.6) is 0 Å². The second-order valence-corrected chi connectivity index (χ2v) is 4.42. The zero-order valence-corrected chi connectivity index (χ0v) is 11.4. The van der Waals surface area contributed by atoms with Crippen LogP contribution in [0.4, 0.5) is 0 Å². The zero-order chi connectivity index (χ0) is 10.3. The molecule has 16 heavy (non-hydrogen) atoms. The standard InChI is InChI=1S/C12H15N2O.HI/c1-14-7-3-4-9(8-14)12-10-5-2-6-11(10)15-13-12;/h3-4,7-8,10-11H,2,5-6H2,1H3;1H/q+1;/p-1. The predicted octanol–water partition coefficient (Wildman–Crippen LogP) is -1.58. The molecule has 2 unspecified atom stereocenters. The minimum Gasteiger partial charge on any atom is -1.00 e. The van der Waals surface area contributed by atoms with Crippen LogP contribution in [0, 0.1) is 5.92 Å². The van der Waals surface area contributed by atoms with Gasteiger partial charge in [0.25, 0.3) is 0 Å². The third-order valence-electron chi connectivity index (χ3n) is 3.33. The number of aryl methyl sites for hydroxylation is 1. The van der Waals surface area contributed by atoms with Crippen LogP contribution in [0.2, 0.25) is 0 Å². The van der Waals surface area contributed by atoms with Gasteiger partial charge in [-0.2, -0.15) is 0 Å². The molecule has 4 heteroatoms. The van der Waals surface area contributed by atoms with E-state index in [1.165, 1.54) is 18.4 Å². The van der Waals surface area contributed by atoms with E-state index in [-0.39, 0.29) is 24.0 Å². The molecule has 1 aromatic heterocycles. The molecule has 2 atom stereocenters. The summed E-state index contributed by atoms with van der Waals surface area (Å²) in [5, 5.41) is 4.23. The maximum absolute atomic E-state index is 5.46. The highest BCUT2D eigenvalue weighted by Crippen LogP contribution is 2.35. The third kappa shape index (κ3) is 1.95. The van der Waals surface area contributed by atoms with Crippen molar-refractivity contribution in [2.45, 2.75) is 25.4 Å². The van der Waals surface area contributed by atoms with Gasteiger partial charge in [-0.3, -0.25) is 0 Å². The summed E-state index contributed by atoms with van der Waals surface area (Å²) < 4.78 is 2.06. The van der Waals surface area contributed by atoms with Gasteiger partial charge >= 0.3 is 0 Å². The molecule has 3 nitrogen and oxygen atoms in total. The molecule has 0 amide bonds. The average Bonchev–Trinajstić information content (AvgIpc) is 2.77. The van der Waals surface area contributed by atoms with Gasteiger partial charge in [0.05, 0.1) is 11.3 Å². The first-order chi connectivity index (χ1) is 7.34. The Balaban J connectivity index is 0.000000963. The van der Waals surface area contributed by atoms with Crippen molar-refractivity contribution >= 4 is 5.71 Å². The summed E-state index contributed by atoms with van der Waals surface area (Å²) >= 11 is 0. The summed E-state index contributed by atoms with van der Waals surface area (Å²) in [6, 6.07) is 4.17. The van der Waals surface area contributed by atoms with E-state index in [4.69, 9.17) is 4.84 Å². The smallest absolute Gasteiger partial charge is 0.177 e. The molecule has 2 aliphatic rings. The number of pyridine rings is 1. The van der Waals surface area contributed by atoms with Crippen LogP contribution in [0.3, 0.4) is 0 Å². The molecule has 1 aliphatic carbocycles. The Morgan fingerprint density at radius 2 is 2.31 bits per heavy atom. The zero-order valence-electron chi connectivity index (χ0n) is 9.27. The van der Waals surface area contributed by atoms with Crippen molar-refractivity contribution in [1.82, 2.24) is 0 Å². The van der Waals surface area contributed by atoms with Crippen molar-refractivity contribution in [2.24, 2.45) is 18.1 Å². The molecule has 1 saturated carbocycles. The Labute approximate surface area is 113 Å². The van der Waals surface area contributed by atoms with E-state index in [1.807, 2.05) is 13.2 Å². The number of rotatable bonds is 1. The molecule has 2 heterocycles. The van der Waals surface area contributed by atoms with Gasteiger partial charge in [0, 0.05) is 12.0 Å². The summed E-state index contributed by atoms with van der Waals surface area (Å²) in [7, 11) is 2.03. The lowest BCUT2D eigenvalue weighted by atomic mass is 9.95. The summed E-state index contributed by atoms with van der Waals surface area (Å²) in [5.41, 5.74) is 2.35. The monoisotopic (exact) mass is 330 g/mol. The van der Waals surface area contributed by atoms with Crippen LogP contribution in [0.15, 0.2) is 29.7 Å². The molecule has 86 valence electrons. The second-order valence-electron chi connectivity index (χ2n) is 4.42. The lowest BCUT2D eigenvalue weighted by Crippen LogP contribution is -3.00. The highest BCUT2D eigenvalue weighted by molar-refractivity contribution is 6.02. The largest absolute Gasteiger partial charge is 1.00 e. The summed E-state index contributed by atoms with van der Waals surface area (Å²) in [4.78, 5) is 5.46. The fourth-order valence-corrected chi connectivity index (χ4v) is 2.56. The maximum atomic E-state index is 5.46. The van der Waals surface area contributed by atoms with Crippen LogP contribution in [-0.2, 0) is 11.9 Å². The van der Waals surface area contributed by atoms with Gasteiger partial charge in [-0.1, -0.05) is 5.16 Å². The molecule has 0 spiro atoms. The number of oxime groups is 1. The van der Waals surface area contributed by atoms with E-state index in [0.29, 0.717) is 12.0 Å². The van der Waals surface area contributed by atoms with E-state index in [1.54, 1.807) is 0 Å². The van der Waals surface area contributed by atoms with E-state index < -0.39 is 0 Å². The molecule has 0 radical (unpaired) electrons. The minimum atomic E-state index is 0. The molecular weight excluding hydrogens is 315 g/mol. The van der Waals surface area contributed by atoms with Gasteiger partial charge in [0.2, 0.25) is 0 Å². The Hall–Kier alpha value is -0.650. The Kier molecular flexibility index (Phi) is 3.47. The Bertz CT molecular complexity index is 419. The molecule has 1 aliphatic heterocycles. The predicted molar refractivity (Wildman–Crippen MR) is 56.4 cm³/mol. The molecule has 3 rings (SSSR count). The van der Waals surface area contributed by atoms with E-state index >= 15 is 0 Å². The van der Waals surface area contributed by atoms with E-state index in [0.717, 1.165) is 12.1 Å². The summed E-state index contributed by atoms with van der Waals surface area (Å²) in [5.74, 6) is 0.535. The van der Waals surface area contributed by atoms with Crippen LogP contribution in [-0.4, -0.2) is 11.8 Å². The third-order valence-corrected chi connectivity index (χ3v) is 3.33. The normalized spacial score (nSPS) is 26.7. The Morgan fingerprint density at radius 1 is 1.44 bits per heavy atom. The number of hydrogen-bond donors (Lipinski definition) is 0. The number of nitrogens with zero attached hydrogens (tertiary/aromatic N) is 2. The van der Waals surface area contributed by atoms with Crippen molar-refractivity contribution in [3.05, 3.63) is 30.1 Å². The van der Waals surface area contributed by atoms with Crippen molar-refractivity contribution in [3.8, 4) is 0 Å². The fraction of sp³-hybridized carbons (Fsp3) is 0.500. The molecule has 0 N–H and O–H groups in total. The lowest BCUT2D eigenvalue weighted by molar-refractivity contribution is -0.671. The summed E-state index contributed by atoms with van der Waals surface area (Å²) in [6.45, 7) is 0. The minimum absolute atomic E-state index is 0. The number of aromatic nitrogens is 1. The van der Waals surface area contributed by atoms with Gasteiger partial charge in [-0.25, -0.2) is 4.57 Å². The van der Waals surface area contributed by atoms with Gasteiger partial charge in [-0.05, 0) is 25.3 Å². The quantitative estimate of drug-likeness (QED) is 0.451. The van der Waals surface area contributed by atoms with Crippen LogP contribution in [0.25, 0.3) is 0 Å². The first-order valence-corrected chi connectivity index (χ1v) is 5.54. The molecule has 0 bridgehead atoms. The van der Waals surface area contributed by atoms with E-state index in [2.05, 4.69) is 28.1 Å². The Morgan fingerprint density at radius 3 is 3.12 bits per heavy atom. The molecule has 0 saturated heterocycles. The van der Waals surface area contributed by atoms with E-state index in [9.17, 15) is 0 Å². The highest BCUT2D eigenvalue weighted by Gasteiger charge is 2.39. The van der Waals surface area contributed by atoms with Gasteiger partial charge in [0.1, 0.15) is 13.2 Å². The van der Waals surface area contributed by atoms with Gasteiger partial charge in [-0.15, -0.1) is 0 Å². The average molecular weight is 330 g/mol. The lowest BCUT2D eigenvalue weighted by Gasteiger charge is -2.07. The number of hydrogen-bond acceptors (Lipinski definition) is 2. The first-order valence-electron chi connectivity index (χ1n) is 5.54. The van der Waals surface area contributed by atoms with Crippen LogP contribution >= 0.6 is 0 Å². The highest BCUT2D eigenvalue weighted by atomic mass is 127. The van der Waals surface area contributed by atoms with Crippen molar-refractivity contribution < 1.29 is 33.4 Å². The molecule has 1 aromatic rings. The van der Waals surface area contributed by atoms with Crippen molar-refractivity contribution in [3.63, 3.8) is 0 Å². The SMILES string of the molecule is C[n+]1cccc(C2=NOC3CCCC23)c1.[I-]. The second kappa shape index (κ2) is 4.69. The van der Waals surface area contributed by atoms with Crippen molar-refractivity contribution in [1.29, 1.82) is 0 Å². The molecular formula is C12H15IN2O. The molecule has 1 fully saturated rings. The van der Waals surface area contributed by atoms with Gasteiger partial charge in [0.15, 0.2) is 12.4 Å². The maximum Gasteiger partial charge on any atom is 0.177 e. The van der Waals surface area contributed by atoms with Crippen molar-refractivity contribution in [2.75, 3.05) is 0 Å².